The zero-order valence-corrected chi connectivity index (χ0v) is 27.9. The van der Waals surface area contributed by atoms with Crippen LogP contribution in [-0.2, 0) is 5.41 Å². The van der Waals surface area contributed by atoms with E-state index in [0.29, 0.717) is 0 Å². The van der Waals surface area contributed by atoms with Crippen LogP contribution in [0.3, 0.4) is 0 Å². The van der Waals surface area contributed by atoms with E-state index in [2.05, 4.69) is 205 Å². The Morgan fingerprint density at radius 3 is 1.67 bits per heavy atom. The molecule has 8 aromatic carbocycles. The Morgan fingerprint density at radius 1 is 0.392 bits per heavy atom. The quantitative estimate of drug-likeness (QED) is 0.178. The number of anilines is 3. The fourth-order valence-corrected chi connectivity index (χ4v) is 8.44. The molecule has 1 aliphatic carbocycles. The number of hydrogen-bond acceptors (Lipinski definition) is 2. The highest BCUT2D eigenvalue weighted by molar-refractivity contribution is 6.08. The molecule has 0 amide bonds. The lowest BCUT2D eigenvalue weighted by Gasteiger charge is -2.33. The number of benzene rings is 8. The molecular weight excluding hydrogens is 619 g/mol. The van der Waals surface area contributed by atoms with Crippen molar-refractivity contribution in [1.29, 1.82) is 0 Å². The predicted octanol–water partition coefficient (Wildman–Crippen LogP) is 13.1. The van der Waals surface area contributed by atoms with E-state index < -0.39 is 5.41 Å². The van der Waals surface area contributed by atoms with Gasteiger partial charge in [0, 0.05) is 39.3 Å². The van der Waals surface area contributed by atoms with E-state index in [1.165, 1.54) is 33.4 Å². The van der Waals surface area contributed by atoms with Gasteiger partial charge in [-0.25, -0.2) is 0 Å². The first-order valence-corrected chi connectivity index (χ1v) is 17.5. The van der Waals surface area contributed by atoms with E-state index in [1.807, 2.05) is 0 Å². The lowest BCUT2D eigenvalue weighted by atomic mass is 9.67. The summed E-state index contributed by atoms with van der Waals surface area (Å²) < 4.78 is 7.12. The van der Waals surface area contributed by atoms with Gasteiger partial charge in [-0.3, -0.25) is 0 Å². The third-order valence-corrected chi connectivity index (χ3v) is 10.5. The summed E-state index contributed by atoms with van der Waals surface area (Å²) >= 11 is 0. The average molecular weight is 652 g/mol. The highest BCUT2D eigenvalue weighted by atomic mass is 16.3. The summed E-state index contributed by atoms with van der Waals surface area (Å²) in [5.74, 6) is 0. The number of hydrogen-bond donors (Lipinski definition) is 0. The molecule has 0 spiro atoms. The van der Waals surface area contributed by atoms with Crippen LogP contribution in [-0.4, -0.2) is 0 Å². The second-order valence-electron chi connectivity index (χ2n) is 13.2. The molecule has 0 radical (unpaired) electrons. The van der Waals surface area contributed by atoms with Crippen LogP contribution < -0.4 is 4.90 Å². The Labute approximate surface area is 297 Å². The van der Waals surface area contributed by atoms with Gasteiger partial charge in [0.25, 0.3) is 0 Å². The first-order chi connectivity index (χ1) is 25.3. The zero-order valence-electron chi connectivity index (χ0n) is 27.9. The molecule has 2 heteroatoms. The minimum Gasteiger partial charge on any atom is -0.456 e. The van der Waals surface area contributed by atoms with Gasteiger partial charge < -0.3 is 9.32 Å². The first kappa shape index (κ1) is 29.3. The predicted molar refractivity (Wildman–Crippen MR) is 211 cm³/mol. The lowest BCUT2D eigenvalue weighted by molar-refractivity contribution is 0.648. The Morgan fingerprint density at radius 2 is 0.961 bits per heavy atom. The molecule has 1 aromatic heterocycles. The molecule has 2 nitrogen and oxygen atoms in total. The van der Waals surface area contributed by atoms with Gasteiger partial charge in [-0.05, 0) is 63.7 Å². The number of rotatable bonds is 6. The van der Waals surface area contributed by atoms with Gasteiger partial charge in [0.05, 0.1) is 11.1 Å². The van der Waals surface area contributed by atoms with Crippen molar-refractivity contribution in [3.63, 3.8) is 0 Å². The number of nitrogens with zero attached hydrogens (tertiary/aromatic N) is 1. The van der Waals surface area contributed by atoms with Crippen molar-refractivity contribution in [2.75, 3.05) is 4.90 Å². The largest absolute Gasteiger partial charge is 0.456 e. The van der Waals surface area contributed by atoms with E-state index in [1.54, 1.807) is 0 Å². The number of furan rings is 1. The van der Waals surface area contributed by atoms with Crippen LogP contribution in [0.2, 0.25) is 0 Å². The van der Waals surface area contributed by atoms with Gasteiger partial charge in [0.2, 0.25) is 0 Å². The van der Waals surface area contributed by atoms with E-state index >= 15 is 0 Å². The minimum atomic E-state index is -0.546. The number of fused-ring (bicyclic) bond motifs is 6. The maximum absolute atomic E-state index is 7.12. The highest BCUT2D eigenvalue weighted by Crippen LogP contribution is 2.57. The summed E-state index contributed by atoms with van der Waals surface area (Å²) in [5.41, 5.74) is 14.2. The normalized spacial score (nSPS) is 12.9. The molecule has 9 aromatic rings. The summed E-state index contributed by atoms with van der Waals surface area (Å²) in [5, 5.41) is 2.21. The van der Waals surface area contributed by atoms with Gasteiger partial charge in [-0.1, -0.05) is 164 Å². The van der Waals surface area contributed by atoms with Gasteiger partial charge in [-0.15, -0.1) is 0 Å². The molecule has 10 rings (SSSR count). The van der Waals surface area contributed by atoms with Crippen LogP contribution in [0, 0.1) is 0 Å². The van der Waals surface area contributed by atoms with Gasteiger partial charge >= 0.3 is 0 Å². The Hall–Kier alpha value is -6.64. The van der Waals surface area contributed by atoms with Gasteiger partial charge in [-0.2, -0.15) is 0 Å². The fourth-order valence-electron chi connectivity index (χ4n) is 8.44. The van der Waals surface area contributed by atoms with Crippen molar-refractivity contribution in [3.8, 4) is 22.3 Å². The second kappa shape index (κ2) is 11.8. The number of para-hydroxylation sites is 3. The summed E-state index contributed by atoms with van der Waals surface area (Å²) in [6, 6.07) is 71.8. The zero-order chi connectivity index (χ0) is 33.8. The average Bonchev–Trinajstić information content (AvgIpc) is 3.73. The minimum absolute atomic E-state index is 0.546. The standard InChI is InChI=1S/C49H33NO/c1-4-17-34(18-5-1)38-23-12-15-30-46(38)50(36-21-8-3-9-22-36)37-31-32-41-42-26-16-29-45(48(42)51-47(41)33-37)49(35-19-6-2-7-20-35)43-27-13-10-24-39(43)40-25-11-14-28-44(40)49/h1-33H. The second-order valence-corrected chi connectivity index (χ2v) is 13.2. The van der Waals surface area contributed by atoms with Crippen molar-refractivity contribution in [3.05, 3.63) is 222 Å². The fraction of sp³-hybridized carbons (Fsp3) is 0.0204. The van der Waals surface area contributed by atoms with E-state index in [0.717, 1.165) is 50.1 Å². The van der Waals surface area contributed by atoms with Crippen molar-refractivity contribution >= 4 is 39.0 Å². The van der Waals surface area contributed by atoms with E-state index in [9.17, 15) is 0 Å². The molecule has 0 saturated heterocycles. The first-order valence-electron chi connectivity index (χ1n) is 17.5. The SMILES string of the molecule is c1ccc(-c2ccccc2N(c2ccccc2)c2ccc3c(c2)oc2c(C4(c5ccccc5)c5ccccc5-c5ccccc54)cccc23)cc1. The van der Waals surface area contributed by atoms with Crippen LogP contribution >= 0.6 is 0 Å². The van der Waals surface area contributed by atoms with Crippen molar-refractivity contribution in [1.82, 2.24) is 0 Å². The Balaban J connectivity index is 1.23. The van der Waals surface area contributed by atoms with E-state index in [4.69, 9.17) is 4.42 Å². The monoisotopic (exact) mass is 651 g/mol. The molecule has 1 aliphatic rings. The Bertz CT molecular complexity index is 2650. The molecule has 0 bridgehead atoms. The highest BCUT2D eigenvalue weighted by Gasteiger charge is 2.47. The van der Waals surface area contributed by atoms with Crippen molar-refractivity contribution in [2.45, 2.75) is 5.41 Å². The van der Waals surface area contributed by atoms with Crippen LogP contribution in [0.5, 0.6) is 0 Å². The molecule has 240 valence electrons. The van der Waals surface area contributed by atoms with Crippen LogP contribution in [0.25, 0.3) is 44.2 Å². The molecule has 0 fully saturated rings. The van der Waals surface area contributed by atoms with Crippen LogP contribution in [0.15, 0.2) is 205 Å². The molecule has 0 atom stereocenters. The molecule has 0 saturated carbocycles. The maximum Gasteiger partial charge on any atom is 0.140 e. The lowest BCUT2D eigenvalue weighted by Crippen LogP contribution is -2.28. The molecule has 0 aliphatic heterocycles. The molecule has 0 unspecified atom stereocenters. The molecule has 0 N–H and O–H groups in total. The smallest absolute Gasteiger partial charge is 0.140 e. The molecular formula is C49H33NO. The van der Waals surface area contributed by atoms with Crippen molar-refractivity contribution in [2.24, 2.45) is 0 Å². The van der Waals surface area contributed by atoms with Crippen LogP contribution in [0.1, 0.15) is 22.3 Å². The third kappa shape index (κ3) is 4.43. The van der Waals surface area contributed by atoms with Gasteiger partial charge in [0.15, 0.2) is 0 Å². The summed E-state index contributed by atoms with van der Waals surface area (Å²) in [6.07, 6.45) is 0. The summed E-state index contributed by atoms with van der Waals surface area (Å²) in [6.45, 7) is 0. The summed E-state index contributed by atoms with van der Waals surface area (Å²) in [4.78, 5) is 2.34. The molecule has 51 heavy (non-hydrogen) atoms. The topological polar surface area (TPSA) is 16.4 Å². The molecule has 1 heterocycles. The van der Waals surface area contributed by atoms with Crippen molar-refractivity contribution < 1.29 is 4.42 Å². The Kier molecular flexibility index (Phi) is 6.75. The maximum atomic E-state index is 7.12. The van der Waals surface area contributed by atoms with Crippen LogP contribution in [0.4, 0.5) is 17.1 Å². The van der Waals surface area contributed by atoms with E-state index in [-0.39, 0.29) is 0 Å². The van der Waals surface area contributed by atoms with Gasteiger partial charge in [0.1, 0.15) is 11.2 Å². The summed E-state index contributed by atoms with van der Waals surface area (Å²) in [7, 11) is 0. The third-order valence-electron chi connectivity index (χ3n) is 10.5.